The van der Waals surface area contributed by atoms with Crippen molar-refractivity contribution in [3.63, 3.8) is 0 Å². The van der Waals surface area contributed by atoms with Crippen LogP contribution in [0.1, 0.15) is 26.3 Å². The number of aromatic nitrogens is 3. The second kappa shape index (κ2) is 7.51. The van der Waals surface area contributed by atoms with Crippen LogP contribution in [0.25, 0.3) is 11.0 Å². The van der Waals surface area contributed by atoms with Crippen LogP contribution < -0.4 is 10.6 Å². The number of H-pyrrole nitrogens is 1. The second-order valence-electron chi connectivity index (χ2n) is 6.27. The molecule has 0 aliphatic carbocycles. The van der Waals surface area contributed by atoms with Gasteiger partial charge in [-0.25, -0.2) is 14.4 Å². The Kier molecular flexibility index (Phi) is 4.74. The molecule has 0 saturated heterocycles. The Morgan fingerprint density at radius 1 is 1.03 bits per heavy atom. The summed E-state index contributed by atoms with van der Waals surface area (Å²) in [5, 5.41) is 6.18. The SMILES string of the molecule is CNC(=O)c1cccc(Nc2ncnc3[nH]cc(C(=O)c4cccc(F)c4)c23)c1. The smallest absolute Gasteiger partial charge is 0.251 e. The summed E-state index contributed by atoms with van der Waals surface area (Å²) in [6, 6.07) is 12.4. The van der Waals surface area contributed by atoms with Crippen LogP contribution in [0.5, 0.6) is 0 Å². The average molecular weight is 389 g/mol. The van der Waals surface area contributed by atoms with E-state index in [9.17, 15) is 14.0 Å². The first-order chi connectivity index (χ1) is 14.1. The molecule has 7 nitrogen and oxygen atoms in total. The first-order valence-electron chi connectivity index (χ1n) is 8.78. The van der Waals surface area contributed by atoms with Gasteiger partial charge in [-0.3, -0.25) is 9.59 Å². The summed E-state index contributed by atoms with van der Waals surface area (Å²) in [7, 11) is 1.56. The van der Waals surface area contributed by atoms with Crippen LogP contribution in [0.3, 0.4) is 0 Å². The predicted molar refractivity (Wildman–Crippen MR) is 107 cm³/mol. The average Bonchev–Trinajstić information content (AvgIpc) is 3.18. The van der Waals surface area contributed by atoms with E-state index >= 15 is 0 Å². The summed E-state index contributed by atoms with van der Waals surface area (Å²) < 4.78 is 13.6. The minimum atomic E-state index is -0.490. The molecule has 4 aromatic rings. The topological polar surface area (TPSA) is 99.8 Å². The Balaban J connectivity index is 1.76. The predicted octanol–water partition coefficient (Wildman–Crippen LogP) is 3.43. The molecule has 0 unspecified atom stereocenters. The highest BCUT2D eigenvalue weighted by atomic mass is 19.1. The highest BCUT2D eigenvalue weighted by Gasteiger charge is 2.19. The number of rotatable bonds is 5. The number of aromatic amines is 1. The van der Waals surface area contributed by atoms with Crippen molar-refractivity contribution in [2.75, 3.05) is 12.4 Å². The number of anilines is 2. The molecule has 3 N–H and O–H groups in total. The molecule has 144 valence electrons. The Morgan fingerprint density at radius 3 is 2.62 bits per heavy atom. The fourth-order valence-electron chi connectivity index (χ4n) is 3.04. The lowest BCUT2D eigenvalue weighted by molar-refractivity contribution is 0.0962. The number of nitrogens with one attached hydrogen (secondary N) is 3. The van der Waals surface area contributed by atoms with Crippen LogP contribution in [0.15, 0.2) is 61.1 Å². The van der Waals surface area contributed by atoms with E-state index in [-0.39, 0.29) is 17.3 Å². The van der Waals surface area contributed by atoms with E-state index < -0.39 is 5.82 Å². The number of fused-ring (bicyclic) bond motifs is 1. The Labute approximate surface area is 165 Å². The Bertz CT molecular complexity index is 1230. The molecule has 0 spiro atoms. The number of amides is 1. The molecule has 0 saturated carbocycles. The van der Waals surface area contributed by atoms with Gasteiger partial charge in [0.2, 0.25) is 0 Å². The van der Waals surface area contributed by atoms with E-state index in [1.165, 1.54) is 30.7 Å². The third kappa shape index (κ3) is 3.55. The van der Waals surface area contributed by atoms with Crippen LogP contribution in [0.4, 0.5) is 15.9 Å². The molecule has 0 bridgehead atoms. The number of hydrogen-bond donors (Lipinski definition) is 3. The molecule has 29 heavy (non-hydrogen) atoms. The number of ketones is 1. The summed E-state index contributed by atoms with van der Waals surface area (Å²) in [4.78, 5) is 36.2. The number of halogens is 1. The molecule has 4 rings (SSSR count). The van der Waals surface area contributed by atoms with E-state index in [1.807, 2.05) is 0 Å². The summed E-state index contributed by atoms with van der Waals surface area (Å²) in [6.07, 6.45) is 2.89. The second-order valence-corrected chi connectivity index (χ2v) is 6.27. The number of nitrogens with zero attached hydrogens (tertiary/aromatic N) is 2. The quantitative estimate of drug-likeness (QED) is 0.454. The molecule has 0 aliphatic rings. The van der Waals surface area contributed by atoms with Crippen molar-refractivity contribution < 1.29 is 14.0 Å². The zero-order valence-electron chi connectivity index (χ0n) is 15.4. The maximum Gasteiger partial charge on any atom is 0.251 e. The number of carbonyl (C=O) groups is 2. The van der Waals surface area contributed by atoms with Gasteiger partial charge in [0.25, 0.3) is 5.91 Å². The van der Waals surface area contributed by atoms with Gasteiger partial charge in [-0.2, -0.15) is 0 Å². The zero-order valence-corrected chi connectivity index (χ0v) is 15.4. The lowest BCUT2D eigenvalue weighted by Crippen LogP contribution is -2.17. The molecule has 8 heteroatoms. The van der Waals surface area contributed by atoms with Crippen LogP contribution in [0.2, 0.25) is 0 Å². The standard InChI is InChI=1S/C21H16FN5O2/c1-23-21(29)13-5-3-7-15(9-13)27-20-17-16(10-24-19(17)25-11-26-20)18(28)12-4-2-6-14(22)8-12/h2-11H,1H3,(H,23,29)(H2,24,25,26,27). The molecule has 1 amide bonds. The van der Waals surface area contributed by atoms with Crippen LogP contribution in [0, 0.1) is 5.82 Å². The molecule has 2 heterocycles. The van der Waals surface area contributed by atoms with E-state index in [4.69, 9.17) is 0 Å². The monoisotopic (exact) mass is 389 g/mol. The van der Waals surface area contributed by atoms with E-state index in [1.54, 1.807) is 37.4 Å². The zero-order chi connectivity index (χ0) is 20.4. The molecule has 2 aromatic heterocycles. The minimum Gasteiger partial charge on any atom is -0.355 e. The molecule has 0 radical (unpaired) electrons. The van der Waals surface area contributed by atoms with Gasteiger partial charge in [0, 0.05) is 30.1 Å². The van der Waals surface area contributed by atoms with Gasteiger partial charge in [-0.05, 0) is 30.3 Å². The van der Waals surface area contributed by atoms with Gasteiger partial charge in [-0.15, -0.1) is 0 Å². The Morgan fingerprint density at radius 2 is 1.83 bits per heavy atom. The fourth-order valence-corrected chi connectivity index (χ4v) is 3.04. The van der Waals surface area contributed by atoms with Crippen molar-refractivity contribution >= 4 is 34.2 Å². The summed E-state index contributed by atoms with van der Waals surface area (Å²) in [5.74, 6) is -0.667. The Hall–Kier alpha value is -4.07. The van der Waals surface area contributed by atoms with Gasteiger partial charge >= 0.3 is 0 Å². The fraction of sp³-hybridized carbons (Fsp3) is 0.0476. The van der Waals surface area contributed by atoms with Gasteiger partial charge in [-0.1, -0.05) is 18.2 Å². The van der Waals surface area contributed by atoms with Crippen LogP contribution in [-0.4, -0.2) is 33.7 Å². The van der Waals surface area contributed by atoms with Gasteiger partial charge in [0.1, 0.15) is 23.6 Å². The van der Waals surface area contributed by atoms with Crippen molar-refractivity contribution in [3.05, 3.63) is 83.6 Å². The molecule has 0 fully saturated rings. The minimum absolute atomic E-state index is 0.218. The highest BCUT2D eigenvalue weighted by molar-refractivity contribution is 6.18. The lowest BCUT2D eigenvalue weighted by atomic mass is 10.0. The van der Waals surface area contributed by atoms with Crippen molar-refractivity contribution in [2.24, 2.45) is 0 Å². The largest absolute Gasteiger partial charge is 0.355 e. The normalized spacial score (nSPS) is 10.7. The van der Waals surface area contributed by atoms with Crippen molar-refractivity contribution in [2.45, 2.75) is 0 Å². The van der Waals surface area contributed by atoms with Gasteiger partial charge in [0.05, 0.1) is 10.9 Å². The van der Waals surface area contributed by atoms with E-state index in [2.05, 4.69) is 25.6 Å². The summed E-state index contributed by atoms with van der Waals surface area (Å²) >= 11 is 0. The molecule has 0 atom stereocenters. The van der Waals surface area contributed by atoms with Crippen molar-refractivity contribution in [3.8, 4) is 0 Å². The number of benzene rings is 2. The number of hydrogen-bond acceptors (Lipinski definition) is 5. The molecular weight excluding hydrogens is 373 g/mol. The molecular formula is C21H16FN5O2. The summed E-state index contributed by atoms with van der Waals surface area (Å²) in [6.45, 7) is 0. The van der Waals surface area contributed by atoms with Crippen LogP contribution >= 0.6 is 0 Å². The first-order valence-corrected chi connectivity index (χ1v) is 8.78. The van der Waals surface area contributed by atoms with Gasteiger partial charge < -0.3 is 15.6 Å². The van der Waals surface area contributed by atoms with E-state index in [0.717, 1.165) is 0 Å². The highest BCUT2D eigenvalue weighted by Crippen LogP contribution is 2.28. The van der Waals surface area contributed by atoms with Crippen molar-refractivity contribution in [1.29, 1.82) is 0 Å². The first kappa shape index (κ1) is 18.3. The molecule has 0 aliphatic heterocycles. The lowest BCUT2D eigenvalue weighted by Gasteiger charge is -2.09. The maximum absolute atomic E-state index is 13.6. The van der Waals surface area contributed by atoms with E-state index in [0.29, 0.717) is 33.7 Å². The summed E-state index contributed by atoms with van der Waals surface area (Å²) in [5.41, 5.74) is 2.10. The maximum atomic E-state index is 13.6. The molecule has 2 aromatic carbocycles. The van der Waals surface area contributed by atoms with Crippen LogP contribution in [-0.2, 0) is 0 Å². The third-order valence-corrected chi connectivity index (χ3v) is 4.42. The van der Waals surface area contributed by atoms with Crippen molar-refractivity contribution in [1.82, 2.24) is 20.3 Å². The van der Waals surface area contributed by atoms with Gasteiger partial charge in [0.15, 0.2) is 5.78 Å². The third-order valence-electron chi connectivity index (χ3n) is 4.42. The number of carbonyl (C=O) groups excluding carboxylic acids is 2.